The summed E-state index contributed by atoms with van der Waals surface area (Å²) in [7, 11) is 0. The molecule has 0 unspecified atom stereocenters. The average Bonchev–Trinajstić information content (AvgIpc) is 3.28. The monoisotopic (exact) mass is 430 g/mol. The molecule has 0 atom stereocenters. The van der Waals surface area contributed by atoms with Crippen LogP contribution in [0, 0.1) is 6.92 Å². The number of carbonyl (C=O) groups is 1. The third-order valence-electron chi connectivity index (χ3n) is 5.73. The Morgan fingerprint density at radius 1 is 1.06 bits per heavy atom. The van der Waals surface area contributed by atoms with Crippen LogP contribution in [-0.4, -0.2) is 41.9 Å². The van der Waals surface area contributed by atoms with Gasteiger partial charge in [0.05, 0.1) is 0 Å². The highest BCUT2D eigenvalue weighted by Gasteiger charge is 2.24. The lowest BCUT2D eigenvalue weighted by molar-refractivity contribution is 0.0594. The number of amides is 1. The Morgan fingerprint density at radius 2 is 1.88 bits per heavy atom. The maximum Gasteiger partial charge on any atom is 0.289 e. The number of hydrogen-bond donors (Lipinski definition) is 0. The predicted octanol–water partition coefficient (Wildman–Crippen LogP) is 4.85. The first-order chi connectivity index (χ1) is 15.6. The Kier molecular flexibility index (Phi) is 7.07. The summed E-state index contributed by atoms with van der Waals surface area (Å²) in [5.41, 5.74) is 3.67. The summed E-state index contributed by atoms with van der Waals surface area (Å²) in [5, 5.41) is 0. The molecule has 32 heavy (non-hydrogen) atoms. The second-order valence-electron chi connectivity index (χ2n) is 8.21. The summed E-state index contributed by atoms with van der Waals surface area (Å²) >= 11 is 0. The molecule has 0 aliphatic carbocycles. The minimum absolute atomic E-state index is 0.0569. The molecule has 3 aromatic rings. The lowest BCUT2D eigenvalue weighted by atomic mass is 10.1. The molecular weight excluding hydrogens is 400 g/mol. The van der Waals surface area contributed by atoms with Gasteiger partial charge in [-0.25, -0.2) is 0 Å². The average molecular weight is 431 g/mol. The fourth-order valence-corrected chi connectivity index (χ4v) is 4.02. The van der Waals surface area contributed by atoms with E-state index in [9.17, 15) is 4.79 Å². The van der Waals surface area contributed by atoms with Crippen LogP contribution in [0.2, 0.25) is 0 Å². The summed E-state index contributed by atoms with van der Waals surface area (Å²) in [4.78, 5) is 17.2. The van der Waals surface area contributed by atoms with Crippen molar-refractivity contribution in [1.29, 1.82) is 0 Å². The van der Waals surface area contributed by atoms with Crippen LogP contribution in [0.5, 0.6) is 5.75 Å². The van der Waals surface area contributed by atoms with Gasteiger partial charge in [0, 0.05) is 32.7 Å². The van der Waals surface area contributed by atoms with Crippen molar-refractivity contribution in [2.24, 2.45) is 0 Å². The first-order valence-electron chi connectivity index (χ1n) is 11.1. The van der Waals surface area contributed by atoms with Crippen molar-refractivity contribution in [2.45, 2.75) is 26.5 Å². The molecule has 5 nitrogen and oxygen atoms in total. The van der Waals surface area contributed by atoms with Crippen LogP contribution in [0.25, 0.3) is 0 Å². The van der Waals surface area contributed by atoms with Crippen LogP contribution >= 0.6 is 0 Å². The Labute approximate surface area is 189 Å². The van der Waals surface area contributed by atoms with Gasteiger partial charge in [-0.05, 0) is 42.7 Å². The Hall–Kier alpha value is -3.31. The number of piperazine rings is 1. The van der Waals surface area contributed by atoms with E-state index in [2.05, 4.69) is 42.7 Å². The number of nitrogens with zero attached hydrogens (tertiary/aromatic N) is 2. The molecule has 0 bridgehead atoms. The number of ether oxygens (including phenoxy) is 1. The van der Waals surface area contributed by atoms with Crippen LogP contribution in [-0.2, 0) is 19.6 Å². The Morgan fingerprint density at radius 3 is 2.66 bits per heavy atom. The Bertz CT molecular complexity index is 1060. The van der Waals surface area contributed by atoms with Gasteiger partial charge in [-0.1, -0.05) is 54.1 Å². The highest BCUT2D eigenvalue weighted by atomic mass is 16.5. The topological polar surface area (TPSA) is 45.9 Å². The molecule has 1 fully saturated rings. The fraction of sp³-hybridized carbons (Fsp3) is 0.296. The number of para-hydroxylation sites is 1. The second-order valence-corrected chi connectivity index (χ2v) is 8.21. The molecular formula is C27H30N2O3. The molecule has 0 saturated carbocycles. The smallest absolute Gasteiger partial charge is 0.289 e. The van der Waals surface area contributed by atoms with Crippen LogP contribution in [0.4, 0.5) is 0 Å². The quantitative estimate of drug-likeness (QED) is 0.479. The van der Waals surface area contributed by atoms with Crippen LogP contribution in [0.3, 0.4) is 0 Å². The molecule has 1 saturated heterocycles. The third kappa shape index (κ3) is 5.48. The molecule has 2 heterocycles. The number of benzene rings is 2. The molecule has 166 valence electrons. The molecule has 2 aromatic carbocycles. The van der Waals surface area contributed by atoms with Gasteiger partial charge in [0.25, 0.3) is 5.91 Å². The molecule has 1 amide bonds. The van der Waals surface area contributed by atoms with Crippen molar-refractivity contribution in [3.05, 3.63) is 102 Å². The van der Waals surface area contributed by atoms with E-state index in [-0.39, 0.29) is 12.5 Å². The van der Waals surface area contributed by atoms with E-state index in [0.29, 0.717) is 24.6 Å². The summed E-state index contributed by atoms with van der Waals surface area (Å²) in [6, 6.07) is 20.0. The van der Waals surface area contributed by atoms with Gasteiger partial charge in [-0.3, -0.25) is 9.69 Å². The van der Waals surface area contributed by atoms with E-state index in [1.165, 1.54) is 11.1 Å². The summed E-state index contributed by atoms with van der Waals surface area (Å²) in [6.07, 6.45) is 2.60. The molecule has 0 N–H and O–H groups in total. The summed E-state index contributed by atoms with van der Waals surface area (Å²) < 4.78 is 11.7. The van der Waals surface area contributed by atoms with E-state index in [4.69, 9.17) is 9.15 Å². The second kappa shape index (κ2) is 10.3. The maximum atomic E-state index is 12.9. The number of furan rings is 1. The number of rotatable bonds is 8. The molecule has 0 radical (unpaired) electrons. The summed E-state index contributed by atoms with van der Waals surface area (Å²) in [5.74, 6) is 1.76. The van der Waals surface area contributed by atoms with Crippen LogP contribution < -0.4 is 4.74 Å². The van der Waals surface area contributed by atoms with Gasteiger partial charge in [0.2, 0.25) is 0 Å². The molecule has 5 heteroatoms. The van der Waals surface area contributed by atoms with Gasteiger partial charge < -0.3 is 14.1 Å². The van der Waals surface area contributed by atoms with Crippen molar-refractivity contribution >= 4 is 5.91 Å². The van der Waals surface area contributed by atoms with Crippen LogP contribution in [0.15, 0.2) is 77.7 Å². The zero-order chi connectivity index (χ0) is 22.3. The number of carbonyl (C=O) groups excluding carboxylic acids is 1. The standard InChI is InChI=1S/C27H30N2O3/c1-3-7-23-10-4-5-11-25(23)31-20-24-12-13-26(32-24)27(30)29-16-14-28(15-17-29)19-22-9-6-8-21(2)18-22/h3-6,8-13,18H,1,7,14-17,19-20H2,2H3. The largest absolute Gasteiger partial charge is 0.485 e. The van der Waals surface area contributed by atoms with E-state index >= 15 is 0 Å². The van der Waals surface area contributed by atoms with Gasteiger partial charge >= 0.3 is 0 Å². The van der Waals surface area contributed by atoms with Gasteiger partial charge in [-0.2, -0.15) is 0 Å². The predicted molar refractivity (Wildman–Crippen MR) is 126 cm³/mol. The third-order valence-corrected chi connectivity index (χ3v) is 5.73. The molecule has 1 aliphatic rings. The molecule has 0 spiro atoms. The minimum atomic E-state index is -0.0569. The van der Waals surface area contributed by atoms with Crippen molar-refractivity contribution < 1.29 is 13.9 Å². The fourth-order valence-electron chi connectivity index (χ4n) is 4.02. The highest BCUT2D eigenvalue weighted by Crippen LogP contribution is 2.21. The zero-order valence-corrected chi connectivity index (χ0v) is 18.6. The van der Waals surface area contributed by atoms with Gasteiger partial charge in [-0.15, -0.1) is 6.58 Å². The molecule has 4 rings (SSSR count). The highest BCUT2D eigenvalue weighted by molar-refractivity contribution is 5.91. The normalized spacial score (nSPS) is 14.3. The van der Waals surface area contributed by atoms with E-state index in [0.717, 1.165) is 37.4 Å². The minimum Gasteiger partial charge on any atom is -0.485 e. The van der Waals surface area contributed by atoms with E-state index in [1.54, 1.807) is 6.07 Å². The van der Waals surface area contributed by atoms with Crippen LogP contribution in [0.1, 0.15) is 33.0 Å². The van der Waals surface area contributed by atoms with Gasteiger partial charge in [0.1, 0.15) is 18.1 Å². The lowest BCUT2D eigenvalue weighted by Gasteiger charge is -2.34. The number of hydrogen-bond acceptors (Lipinski definition) is 4. The number of allylic oxidation sites excluding steroid dienone is 1. The van der Waals surface area contributed by atoms with Crippen molar-refractivity contribution in [3.63, 3.8) is 0 Å². The van der Waals surface area contributed by atoms with Crippen molar-refractivity contribution in [3.8, 4) is 5.75 Å². The van der Waals surface area contributed by atoms with E-state index < -0.39 is 0 Å². The van der Waals surface area contributed by atoms with Crippen molar-refractivity contribution in [1.82, 2.24) is 9.80 Å². The first kappa shape index (κ1) is 21.9. The summed E-state index contributed by atoms with van der Waals surface area (Å²) in [6.45, 7) is 10.2. The molecule has 1 aliphatic heterocycles. The van der Waals surface area contributed by atoms with E-state index in [1.807, 2.05) is 41.3 Å². The molecule has 1 aromatic heterocycles. The van der Waals surface area contributed by atoms with Gasteiger partial charge in [0.15, 0.2) is 5.76 Å². The van der Waals surface area contributed by atoms with Crippen molar-refractivity contribution in [2.75, 3.05) is 26.2 Å². The lowest BCUT2D eigenvalue weighted by Crippen LogP contribution is -2.48. The number of aryl methyl sites for hydroxylation is 1. The zero-order valence-electron chi connectivity index (χ0n) is 18.6. The Balaban J connectivity index is 1.29. The SMILES string of the molecule is C=CCc1ccccc1OCc1ccc(C(=O)N2CCN(Cc3cccc(C)c3)CC2)o1. The first-order valence-corrected chi connectivity index (χ1v) is 11.1. The maximum absolute atomic E-state index is 12.9.